The number of carbonyl (C=O) groups is 2. The number of nitrogens with zero attached hydrogens (tertiary/aromatic N) is 3. The molecule has 0 aliphatic carbocycles. The van der Waals surface area contributed by atoms with Gasteiger partial charge in [0.15, 0.2) is 0 Å². The fourth-order valence-electron chi connectivity index (χ4n) is 3.62. The number of piperazine rings is 1. The van der Waals surface area contributed by atoms with E-state index in [0.29, 0.717) is 17.5 Å². The van der Waals surface area contributed by atoms with Crippen molar-refractivity contribution in [1.82, 2.24) is 9.80 Å². The highest BCUT2D eigenvalue weighted by Crippen LogP contribution is 2.32. The molecule has 0 spiro atoms. The van der Waals surface area contributed by atoms with Crippen LogP contribution in [-0.2, 0) is 16.0 Å². The zero-order valence-electron chi connectivity index (χ0n) is 16.4. The molecule has 0 N–H and O–H groups in total. The molecule has 5 heteroatoms. The van der Waals surface area contributed by atoms with Crippen LogP contribution in [0, 0.1) is 23.7 Å². The summed E-state index contributed by atoms with van der Waals surface area (Å²) in [6.45, 7) is 1.76. The summed E-state index contributed by atoms with van der Waals surface area (Å²) in [5, 5.41) is 9.33. The number of amides is 2. The number of rotatable bonds is 4. The molecule has 2 aromatic rings. The molecule has 1 aliphatic heterocycles. The number of hydrogen-bond acceptors (Lipinski definition) is 3. The van der Waals surface area contributed by atoms with E-state index in [1.54, 1.807) is 44.3 Å². The lowest BCUT2D eigenvalue weighted by Gasteiger charge is -2.46. The van der Waals surface area contributed by atoms with Crippen molar-refractivity contribution in [3.8, 4) is 18.4 Å². The summed E-state index contributed by atoms with van der Waals surface area (Å²) in [7, 11) is 1.58. The van der Waals surface area contributed by atoms with E-state index in [4.69, 9.17) is 6.42 Å². The average molecular weight is 383 g/mol. The van der Waals surface area contributed by atoms with E-state index >= 15 is 0 Å². The molecule has 0 bridgehead atoms. The second kappa shape index (κ2) is 8.04. The summed E-state index contributed by atoms with van der Waals surface area (Å²) in [6, 6.07) is 18.6. The fraction of sp³-hybridized carbons (Fsp3) is 0.208. The van der Waals surface area contributed by atoms with Crippen LogP contribution >= 0.6 is 0 Å². The second-order valence-corrected chi connectivity index (χ2v) is 7.12. The van der Waals surface area contributed by atoms with Gasteiger partial charge in [0.05, 0.1) is 18.2 Å². The van der Waals surface area contributed by atoms with Crippen molar-refractivity contribution in [3.63, 3.8) is 0 Å². The topological polar surface area (TPSA) is 64.4 Å². The Kier molecular flexibility index (Phi) is 5.52. The largest absolute Gasteiger partial charge is 0.311 e. The van der Waals surface area contributed by atoms with Gasteiger partial charge < -0.3 is 9.80 Å². The molecule has 3 rings (SSSR count). The lowest BCUT2D eigenvalue weighted by Crippen LogP contribution is -2.65. The maximum absolute atomic E-state index is 13.4. The minimum Gasteiger partial charge on any atom is -0.311 e. The number of benzene rings is 2. The number of likely N-dealkylation sites (N-methyl/N-ethyl adjacent to an activating group) is 1. The van der Waals surface area contributed by atoms with Crippen LogP contribution < -0.4 is 0 Å². The predicted molar refractivity (Wildman–Crippen MR) is 111 cm³/mol. The summed E-state index contributed by atoms with van der Waals surface area (Å²) >= 11 is 0. The summed E-state index contributed by atoms with van der Waals surface area (Å²) in [4.78, 5) is 29.6. The smallest absolute Gasteiger partial charge is 0.272 e. The first-order valence-electron chi connectivity index (χ1n) is 9.20. The zero-order chi connectivity index (χ0) is 21.0. The van der Waals surface area contributed by atoms with Crippen LogP contribution in [0.25, 0.3) is 6.08 Å². The molecule has 0 aromatic heterocycles. The van der Waals surface area contributed by atoms with Gasteiger partial charge in [-0.25, -0.2) is 0 Å². The minimum atomic E-state index is -1.11. The summed E-state index contributed by atoms with van der Waals surface area (Å²) in [5.41, 5.74) is 1.03. The Balaban J connectivity index is 2.07. The van der Waals surface area contributed by atoms with Gasteiger partial charge in [0.1, 0.15) is 11.2 Å². The van der Waals surface area contributed by atoms with Crippen LogP contribution in [0.15, 0.2) is 60.3 Å². The van der Waals surface area contributed by atoms with E-state index in [-0.39, 0.29) is 24.1 Å². The van der Waals surface area contributed by atoms with Gasteiger partial charge in [-0.3, -0.25) is 9.59 Å². The molecule has 1 heterocycles. The van der Waals surface area contributed by atoms with E-state index in [1.165, 1.54) is 9.80 Å². The van der Waals surface area contributed by atoms with Gasteiger partial charge in [-0.05, 0) is 30.2 Å². The first kappa shape index (κ1) is 19.9. The predicted octanol–water partition coefficient (Wildman–Crippen LogP) is 2.83. The average Bonchev–Trinajstić information content (AvgIpc) is 2.74. The molecule has 1 fully saturated rings. The van der Waals surface area contributed by atoms with Crippen LogP contribution in [0.1, 0.15) is 23.6 Å². The molecular weight excluding hydrogens is 362 g/mol. The molecular formula is C24H21N3O2. The van der Waals surface area contributed by atoms with Gasteiger partial charge in [-0.2, -0.15) is 5.26 Å². The maximum Gasteiger partial charge on any atom is 0.272 e. The van der Waals surface area contributed by atoms with Crippen LogP contribution in [-0.4, -0.2) is 40.7 Å². The van der Waals surface area contributed by atoms with Crippen LogP contribution in [0.5, 0.6) is 0 Å². The van der Waals surface area contributed by atoms with Crippen LogP contribution in [0.2, 0.25) is 0 Å². The summed E-state index contributed by atoms with van der Waals surface area (Å²) in [5.74, 6) is 1.94. The summed E-state index contributed by atoms with van der Waals surface area (Å²) in [6.07, 6.45) is 7.46. The van der Waals surface area contributed by atoms with Gasteiger partial charge in [-0.15, -0.1) is 6.42 Å². The summed E-state index contributed by atoms with van der Waals surface area (Å²) < 4.78 is 0. The fourth-order valence-corrected chi connectivity index (χ4v) is 3.62. The lowest BCUT2D eigenvalue weighted by atomic mass is 9.86. The van der Waals surface area contributed by atoms with Crippen molar-refractivity contribution in [2.75, 3.05) is 13.6 Å². The lowest BCUT2D eigenvalue weighted by molar-refractivity contribution is -0.156. The van der Waals surface area contributed by atoms with E-state index < -0.39 is 5.54 Å². The van der Waals surface area contributed by atoms with Crippen molar-refractivity contribution in [1.29, 1.82) is 5.26 Å². The third-order valence-electron chi connectivity index (χ3n) is 5.20. The van der Waals surface area contributed by atoms with E-state index in [0.717, 1.165) is 5.56 Å². The van der Waals surface area contributed by atoms with E-state index in [9.17, 15) is 14.9 Å². The molecule has 2 amide bonds. The molecule has 0 saturated carbocycles. The third kappa shape index (κ3) is 3.63. The normalized spacial score (nSPS) is 20.5. The highest BCUT2D eigenvalue weighted by Gasteiger charge is 2.50. The Labute approximate surface area is 170 Å². The molecule has 1 unspecified atom stereocenters. The highest BCUT2D eigenvalue weighted by molar-refractivity contribution is 6.09. The molecule has 2 aromatic carbocycles. The Bertz CT molecular complexity index is 1060. The zero-order valence-corrected chi connectivity index (χ0v) is 16.4. The molecule has 5 nitrogen and oxygen atoms in total. The quantitative estimate of drug-likeness (QED) is 0.602. The van der Waals surface area contributed by atoms with Crippen molar-refractivity contribution in [2.45, 2.75) is 18.9 Å². The molecule has 1 saturated heterocycles. The van der Waals surface area contributed by atoms with Gasteiger partial charge in [0.25, 0.3) is 11.8 Å². The standard InChI is InChI=1S/C24H21N3O2/c1-4-14-27-22(28)21(15-19-12-8-9-13-20(19)17-25)26(3)23(29)24(27,2)16-18-10-6-5-7-11-18/h1,5-13,15H,14,16H2,2-3H3/b21-15-. The molecule has 144 valence electrons. The van der Waals surface area contributed by atoms with Gasteiger partial charge in [-0.1, -0.05) is 54.5 Å². The third-order valence-corrected chi connectivity index (χ3v) is 5.20. The maximum atomic E-state index is 13.4. The van der Waals surface area contributed by atoms with Crippen molar-refractivity contribution in [2.24, 2.45) is 0 Å². The van der Waals surface area contributed by atoms with Gasteiger partial charge in [0.2, 0.25) is 0 Å². The van der Waals surface area contributed by atoms with Crippen molar-refractivity contribution >= 4 is 17.9 Å². The Morgan fingerprint density at radius 3 is 2.41 bits per heavy atom. The number of carbonyl (C=O) groups excluding carboxylic acids is 2. The number of terminal acetylenes is 1. The van der Waals surface area contributed by atoms with Crippen molar-refractivity contribution in [3.05, 3.63) is 77.0 Å². The van der Waals surface area contributed by atoms with Gasteiger partial charge in [0, 0.05) is 13.5 Å². The van der Waals surface area contributed by atoms with Crippen molar-refractivity contribution < 1.29 is 9.59 Å². The van der Waals surface area contributed by atoms with Gasteiger partial charge >= 0.3 is 0 Å². The molecule has 0 radical (unpaired) electrons. The van der Waals surface area contributed by atoms with E-state index in [1.807, 2.05) is 30.3 Å². The number of nitriles is 1. The monoisotopic (exact) mass is 383 g/mol. The second-order valence-electron chi connectivity index (χ2n) is 7.12. The Hall–Kier alpha value is -3.83. The molecule has 29 heavy (non-hydrogen) atoms. The van der Waals surface area contributed by atoms with Crippen LogP contribution in [0.4, 0.5) is 0 Å². The Morgan fingerprint density at radius 1 is 1.10 bits per heavy atom. The molecule has 1 aliphatic rings. The van der Waals surface area contributed by atoms with Crippen LogP contribution in [0.3, 0.4) is 0 Å². The first-order chi connectivity index (χ1) is 13.9. The SMILES string of the molecule is C#CCN1C(=O)/C(=C/c2ccccc2C#N)N(C)C(=O)C1(C)Cc1ccccc1. The van der Waals surface area contributed by atoms with E-state index in [2.05, 4.69) is 12.0 Å². The minimum absolute atomic E-state index is 0.0129. The molecule has 1 atom stereocenters. The Morgan fingerprint density at radius 2 is 1.76 bits per heavy atom. The highest BCUT2D eigenvalue weighted by atomic mass is 16.2. The first-order valence-corrected chi connectivity index (χ1v) is 9.20. The number of hydrogen-bond donors (Lipinski definition) is 0.